The number of carbonyl (C=O) groups is 2. The summed E-state index contributed by atoms with van der Waals surface area (Å²) in [6.45, 7) is 8.42. The summed E-state index contributed by atoms with van der Waals surface area (Å²) in [5, 5.41) is 3.55. The van der Waals surface area contributed by atoms with Crippen LogP contribution < -0.4 is 10.1 Å². The van der Waals surface area contributed by atoms with Gasteiger partial charge in [0, 0.05) is 56.9 Å². The zero-order chi connectivity index (χ0) is 26.7. The van der Waals surface area contributed by atoms with Crippen molar-refractivity contribution in [2.24, 2.45) is 10.8 Å². The summed E-state index contributed by atoms with van der Waals surface area (Å²) in [4.78, 5) is 27.4. The van der Waals surface area contributed by atoms with Gasteiger partial charge in [-0.15, -0.1) is 0 Å². The maximum atomic E-state index is 14.4. The first kappa shape index (κ1) is 26.4. The summed E-state index contributed by atoms with van der Waals surface area (Å²) in [5.41, 5.74) is 3.88. The molecule has 0 atom stereocenters. The molecule has 1 N–H and O–H groups in total. The molecule has 0 saturated carbocycles. The minimum absolute atomic E-state index is 0.0185. The molecular weight excluding hydrogens is 601 g/mol. The molecule has 7 heteroatoms. The van der Waals surface area contributed by atoms with Crippen LogP contribution in [0.4, 0.5) is 4.39 Å². The van der Waals surface area contributed by atoms with E-state index in [9.17, 15) is 14.0 Å². The summed E-state index contributed by atoms with van der Waals surface area (Å²) in [6.07, 6.45) is 2.26. The van der Waals surface area contributed by atoms with Gasteiger partial charge in [-0.3, -0.25) is 9.59 Å². The van der Waals surface area contributed by atoms with Crippen LogP contribution in [0.2, 0.25) is 0 Å². The zero-order valence-corrected chi connectivity index (χ0v) is 24.6. The van der Waals surface area contributed by atoms with Gasteiger partial charge in [-0.05, 0) is 57.8 Å². The van der Waals surface area contributed by atoms with Gasteiger partial charge >= 0.3 is 0 Å². The largest absolute Gasteiger partial charge is 0.487 e. The van der Waals surface area contributed by atoms with Crippen molar-refractivity contribution in [2.75, 3.05) is 0 Å². The minimum Gasteiger partial charge on any atom is -0.487 e. The average Bonchev–Trinajstić information content (AvgIpc) is 2.76. The van der Waals surface area contributed by atoms with Crippen molar-refractivity contribution in [3.8, 4) is 5.75 Å². The molecule has 0 fully saturated rings. The number of nitrogens with one attached hydrogen (secondary N) is 1. The third-order valence-corrected chi connectivity index (χ3v) is 8.44. The Hall–Kier alpha value is -2.25. The standard InChI is InChI=1S/C30H30Br2FNO3/c1-29(2)11-21-26(23(35)13-29)25(27-22(34-21)12-30(3,4)14-24(27)36)18-9-17(31)10-19(32)28(18)37-15-16-7-5-6-8-20(16)33/h5-10,25,34H,11-15H2,1-4H3. The summed E-state index contributed by atoms with van der Waals surface area (Å²) in [5.74, 6) is -0.299. The van der Waals surface area contributed by atoms with E-state index in [1.807, 2.05) is 12.1 Å². The molecule has 2 aromatic carbocycles. The van der Waals surface area contributed by atoms with Crippen molar-refractivity contribution >= 4 is 43.4 Å². The fourth-order valence-electron chi connectivity index (χ4n) is 5.91. The molecule has 0 unspecified atom stereocenters. The second-order valence-electron chi connectivity index (χ2n) is 11.9. The lowest BCUT2D eigenvalue weighted by atomic mass is 9.64. The van der Waals surface area contributed by atoms with Crippen LogP contribution in [0.25, 0.3) is 0 Å². The van der Waals surface area contributed by atoms with Gasteiger partial charge in [-0.1, -0.05) is 61.8 Å². The first-order chi connectivity index (χ1) is 17.3. The van der Waals surface area contributed by atoms with E-state index in [0.29, 0.717) is 39.8 Å². The molecule has 0 radical (unpaired) electrons. The fourth-order valence-corrected chi connectivity index (χ4v) is 7.28. The van der Waals surface area contributed by atoms with Crippen molar-refractivity contribution in [3.05, 3.63) is 84.8 Å². The number of ether oxygens (including phenoxy) is 1. The monoisotopic (exact) mass is 629 g/mol. The quantitative estimate of drug-likeness (QED) is 0.373. The van der Waals surface area contributed by atoms with Gasteiger partial charge in [0.1, 0.15) is 18.2 Å². The topological polar surface area (TPSA) is 55.4 Å². The molecule has 2 aromatic rings. The van der Waals surface area contributed by atoms with Gasteiger partial charge in [0.25, 0.3) is 0 Å². The number of ketones is 2. The highest BCUT2D eigenvalue weighted by Crippen LogP contribution is 2.53. The van der Waals surface area contributed by atoms with Crippen LogP contribution in [0.15, 0.2) is 67.9 Å². The van der Waals surface area contributed by atoms with Crippen LogP contribution in [-0.2, 0) is 16.2 Å². The van der Waals surface area contributed by atoms with Crippen molar-refractivity contribution in [1.82, 2.24) is 5.32 Å². The predicted molar refractivity (Wildman–Crippen MR) is 149 cm³/mol. The molecule has 2 aliphatic carbocycles. The Balaban J connectivity index is 1.69. The lowest BCUT2D eigenvalue weighted by Gasteiger charge is -2.44. The van der Waals surface area contributed by atoms with Gasteiger partial charge in [0.2, 0.25) is 0 Å². The minimum atomic E-state index is -0.553. The zero-order valence-electron chi connectivity index (χ0n) is 21.4. The average molecular weight is 631 g/mol. The van der Waals surface area contributed by atoms with E-state index in [2.05, 4.69) is 64.9 Å². The van der Waals surface area contributed by atoms with E-state index in [1.54, 1.807) is 18.2 Å². The molecule has 1 heterocycles. The molecule has 0 amide bonds. The van der Waals surface area contributed by atoms with Gasteiger partial charge < -0.3 is 10.1 Å². The highest BCUT2D eigenvalue weighted by molar-refractivity contribution is 9.11. The molecule has 0 saturated heterocycles. The molecular formula is C30H30Br2FNO3. The van der Waals surface area contributed by atoms with E-state index >= 15 is 0 Å². The number of hydrogen-bond acceptors (Lipinski definition) is 4. The van der Waals surface area contributed by atoms with Crippen molar-refractivity contribution < 1.29 is 18.7 Å². The summed E-state index contributed by atoms with van der Waals surface area (Å²) in [6, 6.07) is 10.3. The number of allylic oxidation sites excluding steroid dienone is 4. The molecule has 37 heavy (non-hydrogen) atoms. The maximum absolute atomic E-state index is 14.4. The SMILES string of the molecule is CC1(C)CC(=O)C2=C(C1)NC1=C(C(=O)CC(C)(C)C1)C2c1cc(Br)cc(Br)c1OCc1ccccc1F. The third-order valence-electron chi connectivity index (χ3n) is 7.40. The maximum Gasteiger partial charge on any atom is 0.162 e. The van der Waals surface area contributed by atoms with Crippen molar-refractivity contribution in [1.29, 1.82) is 0 Å². The third kappa shape index (κ3) is 5.09. The predicted octanol–water partition coefficient (Wildman–Crippen LogP) is 7.90. The van der Waals surface area contributed by atoms with E-state index in [1.165, 1.54) is 6.07 Å². The lowest BCUT2D eigenvalue weighted by molar-refractivity contribution is -0.119. The van der Waals surface area contributed by atoms with Crippen LogP contribution >= 0.6 is 31.9 Å². The summed E-state index contributed by atoms with van der Waals surface area (Å²) >= 11 is 7.23. The first-order valence-electron chi connectivity index (χ1n) is 12.5. The highest BCUT2D eigenvalue weighted by Gasteiger charge is 2.47. The number of Topliss-reactive ketones (excluding diaryl/α,β-unsaturated/α-hetero) is 2. The highest BCUT2D eigenvalue weighted by atomic mass is 79.9. The molecule has 5 rings (SSSR count). The van der Waals surface area contributed by atoms with E-state index < -0.39 is 5.92 Å². The Bertz CT molecular complexity index is 1340. The van der Waals surface area contributed by atoms with Crippen molar-refractivity contribution in [2.45, 2.75) is 65.9 Å². The van der Waals surface area contributed by atoms with Crippen LogP contribution in [0.5, 0.6) is 5.75 Å². The Morgan fingerprint density at radius 1 is 0.919 bits per heavy atom. The molecule has 1 aliphatic heterocycles. The summed E-state index contributed by atoms with van der Waals surface area (Å²) in [7, 11) is 0. The van der Waals surface area contributed by atoms with Crippen LogP contribution in [0.3, 0.4) is 0 Å². The fraction of sp³-hybridized carbons (Fsp3) is 0.400. The molecule has 4 nitrogen and oxygen atoms in total. The summed E-state index contributed by atoms with van der Waals surface area (Å²) < 4.78 is 22.1. The number of hydrogen-bond donors (Lipinski definition) is 1. The van der Waals surface area contributed by atoms with Crippen molar-refractivity contribution in [3.63, 3.8) is 0 Å². The molecule has 3 aliphatic rings. The van der Waals surface area contributed by atoms with Gasteiger partial charge in [-0.2, -0.15) is 0 Å². The second kappa shape index (κ2) is 9.49. The number of benzene rings is 2. The number of carbonyl (C=O) groups excluding carboxylic acids is 2. The van der Waals surface area contributed by atoms with Crippen LogP contribution in [0.1, 0.15) is 70.4 Å². The number of rotatable bonds is 4. The Morgan fingerprint density at radius 3 is 2.05 bits per heavy atom. The number of dihydropyridines is 1. The van der Waals surface area contributed by atoms with E-state index in [-0.39, 0.29) is 34.8 Å². The van der Waals surface area contributed by atoms with Gasteiger partial charge in [0.05, 0.1) is 4.47 Å². The van der Waals surface area contributed by atoms with E-state index in [4.69, 9.17) is 4.74 Å². The Labute approximate surface area is 234 Å². The molecule has 0 aromatic heterocycles. The lowest BCUT2D eigenvalue weighted by Crippen LogP contribution is -2.42. The second-order valence-corrected chi connectivity index (χ2v) is 13.7. The van der Waals surface area contributed by atoms with E-state index in [0.717, 1.165) is 34.3 Å². The van der Waals surface area contributed by atoms with Gasteiger partial charge in [-0.25, -0.2) is 4.39 Å². The normalized spacial score (nSPS) is 20.9. The Morgan fingerprint density at radius 2 is 1.49 bits per heavy atom. The Kier molecular flexibility index (Phi) is 6.76. The number of halogens is 3. The molecule has 194 valence electrons. The van der Waals surface area contributed by atoms with Crippen LogP contribution in [0, 0.1) is 16.6 Å². The van der Waals surface area contributed by atoms with Gasteiger partial charge in [0.15, 0.2) is 11.6 Å². The molecule has 0 spiro atoms. The smallest absolute Gasteiger partial charge is 0.162 e. The van der Waals surface area contributed by atoms with Crippen LogP contribution in [-0.4, -0.2) is 11.6 Å². The molecule has 0 bridgehead atoms. The first-order valence-corrected chi connectivity index (χ1v) is 14.1.